The van der Waals surface area contributed by atoms with E-state index in [9.17, 15) is 18.0 Å². The van der Waals surface area contributed by atoms with Crippen LogP contribution in [-0.4, -0.2) is 65.6 Å². The summed E-state index contributed by atoms with van der Waals surface area (Å²) in [5.41, 5.74) is 0.970. The SMILES string of the molecule is CCCNC(=O)[C@H](CC)N(Cc1ccc(OC)cc1)C(=O)CN(c1ccc(Cl)cc1)S(=O)(=O)c1ccc(OC)c(OC)c1. The van der Waals surface area contributed by atoms with Crippen LogP contribution in [0.3, 0.4) is 0 Å². The fourth-order valence-electron chi connectivity index (χ4n) is 4.45. The number of ether oxygens (including phenoxy) is 3. The number of halogens is 1. The molecule has 1 atom stereocenters. The van der Waals surface area contributed by atoms with E-state index < -0.39 is 28.5 Å². The second-order valence-corrected chi connectivity index (χ2v) is 11.9. The number of amides is 2. The predicted octanol–water partition coefficient (Wildman–Crippen LogP) is 4.89. The molecular formula is C31H38ClN3O7S. The molecule has 3 aromatic carbocycles. The molecule has 1 N–H and O–H groups in total. The number of nitrogens with one attached hydrogen (secondary N) is 1. The zero-order valence-electron chi connectivity index (χ0n) is 25.0. The van der Waals surface area contributed by atoms with Crippen molar-refractivity contribution in [2.45, 2.75) is 44.2 Å². The summed E-state index contributed by atoms with van der Waals surface area (Å²) < 4.78 is 45.1. The van der Waals surface area contributed by atoms with Gasteiger partial charge in [0, 0.05) is 24.2 Å². The Hall–Kier alpha value is -3.96. The quantitative estimate of drug-likeness (QED) is 0.254. The van der Waals surface area contributed by atoms with E-state index in [1.807, 2.05) is 13.8 Å². The molecule has 0 bridgehead atoms. The van der Waals surface area contributed by atoms with Gasteiger partial charge in [0.15, 0.2) is 11.5 Å². The molecule has 2 amide bonds. The van der Waals surface area contributed by atoms with Crippen molar-refractivity contribution in [1.29, 1.82) is 0 Å². The molecule has 12 heteroatoms. The topological polar surface area (TPSA) is 114 Å². The van der Waals surface area contributed by atoms with E-state index in [0.29, 0.717) is 29.5 Å². The first-order valence-corrected chi connectivity index (χ1v) is 15.6. The minimum Gasteiger partial charge on any atom is -0.497 e. The van der Waals surface area contributed by atoms with Crippen molar-refractivity contribution in [3.8, 4) is 17.2 Å². The van der Waals surface area contributed by atoms with Crippen LogP contribution < -0.4 is 23.8 Å². The Morgan fingerprint density at radius 3 is 2.09 bits per heavy atom. The van der Waals surface area contributed by atoms with Crippen LogP contribution in [0.2, 0.25) is 5.02 Å². The van der Waals surface area contributed by atoms with Gasteiger partial charge in [-0.25, -0.2) is 8.42 Å². The van der Waals surface area contributed by atoms with Gasteiger partial charge in [-0.05, 0) is 66.9 Å². The van der Waals surface area contributed by atoms with E-state index in [2.05, 4.69) is 5.32 Å². The van der Waals surface area contributed by atoms with Crippen molar-refractivity contribution in [1.82, 2.24) is 10.2 Å². The molecule has 0 radical (unpaired) electrons. The van der Waals surface area contributed by atoms with Crippen molar-refractivity contribution in [2.75, 3.05) is 38.7 Å². The lowest BCUT2D eigenvalue weighted by Crippen LogP contribution is -2.52. The van der Waals surface area contributed by atoms with Crippen LogP contribution in [0, 0.1) is 0 Å². The second-order valence-electron chi connectivity index (χ2n) is 9.59. The van der Waals surface area contributed by atoms with Crippen LogP contribution in [0.15, 0.2) is 71.6 Å². The maximum atomic E-state index is 14.1. The highest BCUT2D eigenvalue weighted by molar-refractivity contribution is 7.92. The summed E-state index contributed by atoms with van der Waals surface area (Å²) in [6.07, 6.45) is 1.04. The number of carbonyl (C=O) groups is 2. The fraction of sp³-hybridized carbons (Fsp3) is 0.355. The van der Waals surface area contributed by atoms with Gasteiger partial charge in [-0.1, -0.05) is 37.6 Å². The number of methoxy groups -OCH3 is 3. The van der Waals surface area contributed by atoms with Crippen LogP contribution in [0.1, 0.15) is 32.3 Å². The molecule has 0 heterocycles. The molecular weight excluding hydrogens is 594 g/mol. The molecule has 3 aromatic rings. The number of carbonyl (C=O) groups excluding carboxylic acids is 2. The van der Waals surface area contributed by atoms with E-state index in [1.54, 1.807) is 43.5 Å². The summed E-state index contributed by atoms with van der Waals surface area (Å²) in [6, 6.07) is 16.6. The molecule has 10 nitrogen and oxygen atoms in total. The van der Waals surface area contributed by atoms with Crippen LogP contribution in [0.4, 0.5) is 5.69 Å². The molecule has 0 fully saturated rings. The van der Waals surface area contributed by atoms with Crippen molar-refractivity contribution in [3.63, 3.8) is 0 Å². The van der Waals surface area contributed by atoms with Gasteiger partial charge in [0.05, 0.1) is 31.9 Å². The Kier molecular flexibility index (Phi) is 12.1. The zero-order chi connectivity index (χ0) is 31.6. The number of sulfonamides is 1. The molecule has 0 aliphatic rings. The number of rotatable bonds is 15. The van der Waals surface area contributed by atoms with Gasteiger partial charge in [0.1, 0.15) is 18.3 Å². The standard InChI is InChI=1S/C31H38ClN3O7S/c1-6-18-33-31(37)27(7-2)34(20-22-8-14-25(40-3)15-9-22)30(36)21-35(24-12-10-23(32)11-13-24)43(38,39)26-16-17-28(41-4)29(19-26)42-5/h8-17,19,27H,6-7,18,20-21H2,1-5H3,(H,33,37)/t27-/m0/s1. The highest BCUT2D eigenvalue weighted by Gasteiger charge is 2.34. The zero-order valence-corrected chi connectivity index (χ0v) is 26.6. The summed E-state index contributed by atoms with van der Waals surface area (Å²) in [6.45, 7) is 3.69. The number of anilines is 1. The number of hydrogen-bond acceptors (Lipinski definition) is 7. The first-order valence-electron chi connectivity index (χ1n) is 13.8. The van der Waals surface area contributed by atoms with E-state index in [-0.39, 0.29) is 28.8 Å². The van der Waals surface area contributed by atoms with Crippen molar-refractivity contribution in [3.05, 3.63) is 77.3 Å². The minimum atomic E-state index is -4.31. The van der Waals surface area contributed by atoms with Crippen LogP contribution in [0.5, 0.6) is 17.2 Å². The number of benzene rings is 3. The van der Waals surface area contributed by atoms with Crippen molar-refractivity contribution >= 4 is 39.1 Å². The fourth-order valence-corrected chi connectivity index (χ4v) is 6.01. The third-order valence-electron chi connectivity index (χ3n) is 6.78. The Bertz CT molecular complexity index is 1480. The lowest BCUT2D eigenvalue weighted by atomic mass is 10.1. The van der Waals surface area contributed by atoms with Gasteiger partial charge in [0.2, 0.25) is 11.8 Å². The predicted molar refractivity (Wildman–Crippen MR) is 166 cm³/mol. The lowest BCUT2D eigenvalue weighted by molar-refractivity contribution is -0.140. The molecule has 43 heavy (non-hydrogen) atoms. The Labute approximate surface area is 258 Å². The maximum Gasteiger partial charge on any atom is 0.264 e. The Morgan fingerprint density at radius 2 is 1.53 bits per heavy atom. The Morgan fingerprint density at radius 1 is 0.884 bits per heavy atom. The molecule has 0 unspecified atom stereocenters. The third kappa shape index (κ3) is 8.32. The van der Waals surface area contributed by atoms with E-state index in [1.165, 1.54) is 49.5 Å². The first kappa shape index (κ1) is 33.5. The van der Waals surface area contributed by atoms with Crippen molar-refractivity contribution < 1.29 is 32.2 Å². The van der Waals surface area contributed by atoms with Crippen LogP contribution >= 0.6 is 11.6 Å². The van der Waals surface area contributed by atoms with Gasteiger partial charge < -0.3 is 24.4 Å². The van der Waals surface area contributed by atoms with Crippen molar-refractivity contribution in [2.24, 2.45) is 0 Å². The summed E-state index contributed by atoms with van der Waals surface area (Å²) in [7, 11) is 0.0944. The molecule has 0 saturated heterocycles. The lowest BCUT2D eigenvalue weighted by Gasteiger charge is -2.33. The average molecular weight is 632 g/mol. The summed E-state index contributed by atoms with van der Waals surface area (Å²) in [4.78, 5) is 28.7. The first-order chi connectivity index (χ1) is 20.6. The molecule has 0 aliphatic heterocycles. The average Bonchev–Trinajstić information content (AvgIpc) is 3.02. The molecule has 0 spiro atoms. The Balaban J connectivity index is 2.08. The monoisotopic (exact) mass is 631 g/mol. The van der Waals surface area contributed by atoms with Gasteiger partial charge in [-0.2, -0.15) is 0 Å². The smallest absolute Gasteiger partial charge is 0.264 e. The van der Waals surface area contributed by atoms with Gasteiger partial charge in [-0.15, -0.1) is 0 Å². The summed E-state index contributed by atoms with van der Waals surface area (Å²) >= 11 is 6.10. The highest BCUT2D eigenvalue weighted by Crippen LogP contribution is 2.33. The van der Waals surface area contributed by atoms with E-state index >= 15 is 0 Å². The van der Waals surface area contributed by atoms with E-state index in [0.717, 1.165) is 16.3 Å². The molecule has 3 rings (SSSR count). The third-order valence-corrected chi connectivity index (χ3v) is 8.81. The summed E-state index contributed by atoms with van der Waals surface area (Å²) in [5.74, 6) is 0.334. The largest absolute Gasteiger partial charge is 0.497 e. The molecule has 232 valence electrons. The normalized spacial score (nSPS) is 11.8. The van der Waals surface area contributed by atoms with Gasteiger partial charge in [0.25, 0.3) is 10.0 Å². The molecule has 0 saturated carbocycles. The van der Waals surface area contributed by atoms with Crippen LogP contribution in [-0.2, 0) is 26.2 Å². The molecule has 0 aliphatic carbocycles. The second kappa shape index (κ2) is 15.5. The van der Waals surface area contributed by atoms with E-state index in [4.69, 9.17) is 25.8 Å². The molecule has 0 aromatic heterocycles. The van der Waals surface area contributed by atoms with Crippen LogP contribution in [0.25, 0.3) is 0 Å². The number of hydrogen-bond donors (Lipinski definition) is 1. The van der Waals surface area contributed by atoms with Gasteiger partial charge >= 0.3 is 0 Å². The maximum absolute atomic E-state index is 14.1. The minimum absolute atomic E-state index is 0.0751. The summed E-state index contributed by atoms with van der Waals surface area (Å²) in [5, 5.41) is 3.27. The highest BCUT2D eigenvalue weighted by atomic mass is 35.5. The number of nitrogens with zero attached hydrogens (tertiary/aromatic N) is 2. The van der Waals surface area contributed by atoms with Gasteiger partial charge in [-0.3, -0.25) is 13.9 Å².